The number of nitrogens with one attached hydrogen (secondary N) is 1. The Bertz CT molecular complexity index is 999. The molecule has 164 valence electrons. The molecule has 0 aromatic heterocycles. The predicted molar refractivity (Wildman–Crippen MR) is 127 cm³/mol. The van der Waals surface area contributed by atoms with Crippen LogP contribution in [-0.2, 0) is 13.2 Å². The second kappa shape index (κ2) is 11.6. The molecule has 7 heteroatoms. The van der Waals surface area contributed by atoms with E-state index in [4.69, 9.17) is 44.3 Å². The van der Waals surface area contributed by atoms with Crippen LogP contribution in [-0.4, -0.2) is 18.3 Å². The fourth-order valence-electron chi connectivity index (χ4n) is 3.06. The van der Waals surface area contributed by atoms with Gasteiger partial charge in [0.25, 0.3) is 0 Å². The van der Waals surface area contributed by atoms with Gasteiger partial charge in [0, 0.05) is 13.1 Å². The quantitative estimate of drug-likeness (QED) is 0.350. The fraction of sp³-hybridized carbons (Fsp3) is 0.250. The van der Waals surface area contributed by atoms with E-state index in [1.807, 2.05) is 55.5 Å². The lowest BCUT2D eigenvalue weighted by atomic mass is 10.1. The van der Waals surface area contributed by atoms with Gasteiger partial charge >= 0.3 is 0 Å². The monoisotopic (exact) mass is 479 g/mol. The van der Waals surface area contributed by atoms with Gasteiger partial charge in [-0.05, 0) is 47.9 Å². The molecule has 0 radical (unpaired) electrons. The molecule has 3 aromatic carbocycles. The Kier molecular flexibility index (Phi) is 8.88. The van der Waals surface area contributed by atoms with E-state index in [-0.39, 0.29) is 6.61 Å². The van der Waals surface area contributed by atoms with Crippen molar-refractivity contribution in [1.29, 1.82) is 0 Å². The molecule has 31 heavy (non-hydrogen) atoms. The maximum absolute atomic E-state index is 10.3. The van der Waals surface area contributed by atoms with Crippen LogP contribution in [0.4, 0.5) is 0 Å². The topological polar surface area (TPSA) is 50.7 Å². The van der Waals surface area contributed by atoms with Gasteiger partial charge in [0.1, 0.15) is 6.61 Å². The van der Waals surface area contributed by atoms with Gasteiger partial charge in [-0.2, -0.15) is 0 Å². The summed E-state index contributed by atoms with van der Waals surface area (Å²) in [4.78, 5) is 0. The second-order valence-corrected chi connectivity index (χ2v) is 8.15. The molecule has 2 N–H and O–H groups in total. The van der Waals surface area contributed by atoms with Gasteiger partial charge in [0.15, 0.2) is 11.5 Å². The van der Waals surface area contributed by atoms with Crippen molar-refractivity contribution < 1.29 is 14.6 Å². The van der Waals surface area contributed by atoms with E-state index in [1.54, 1.807) is 12.1 Å². The third-order valence-corrected chi connectivity index (χ3v) is 5.61. The highest BCUT2D eigenvalue weighted by Crippen LogP contribution is 2.37. The van der Waals surface area contributed by atoms with E-state index in [0.29, 0.717) is 46.3 Å². The van der Waals surface area contributed by atoms with Gasteiger partial charge in [-0.25, -0.2) is 0 Å². The molecule has 0 saturated heterocycles. The summed E-state index contributed by atoms with van der Waals surface area (Å²) in [5, 5.41) is 15.0. The van der Waals surface area contributed by atoms with Crippen LogP contribution in [0.3, 0.4) is 0 Å². The molecule has 0 aliphatic carbocycles. The maximum Gasteiger partial charge on any atom is 0.180 e. The Morgan fingerprint density at radius 3 is 2.32 bits per heavy atom. The molecule has 0 fully saturated rings. The number of halogens is 3. The number of benzene rings is 3. The van der Waals surface area contributed by atoms with Crippen LogP contribution < -0.4 is 14.8 Å². The first-order valence-corrected chi connectivity index (χ1v) is 11.1. The standard InChI is InChI=1S/C24H24Cl3NO3/c1-2-30-23-12-17(13-28-14-22(29)18-6-4-3-5-7-18)11-21(27)24(23)31-15-16-8-9-19(25)20(26)10-16/h3-12,22,28-29H,2,13-15H2,1H3. The number of aliphatic hydroxyl groups is 1. The highest BCUT2D eigenvalue weighted by Gasteiger charge is 2.14. The molecule has 0 spiro atoms. The third-order valence-electron chi connectivity index (χ3n) is 4.59. The summed E-state index contributed by atoms with van der Waals surface area (Å²) in [6.45, 7) is 3.59. The predicted octanol–water partition coefficient (Wildman–Crippen LogP) is 6.45. The van der Waals surface area contributed by atoms with Crippen LogP contribution >= 0.6 is 34.8 Å². The van der Waals surface area contributed by atoms with Crippen molar-refractivity contribution in [2.24, 2.45) is 0 Å². The second-order valence-electron chi connectivity index (χ2n) is 6.93. The molecule has 0 aliphatic heterocycles. The van der Waals surface area contributed by atoms with E-state index < -0.39 is 6.10 Å². The van der Waals surface area contributed by atoms with Crippen LogP contribution in [0.25, 0.3) is 0 Å². The molecule has 1 atom stereocenters. The number of aliphatic hydroxyl groups excluding tert-OH is 1. The summed E-state index contributed by atoms with van der Waals surface area (Å²) >= 11 is 18.5. The molecular formula is C24H24Cl3NO3. The number of ether oxygens (including phenoxy) is 2. The van der Waals surface area contributed by atoms with Crippen LogP contribution in [0.15, 0.2) is 60.7 Å². The van der Waals surface area contributed by atoms with Crippen LogP contribution in [0.2, 0.25) is 15.1 Å². The van der Waals surface area contributed by atoms with Crippen LogP contribution in [0.1, 0.15) is 29.7 Å². The van der Waals surface area contributed by atoms with Gasteiger partial charge in [-0.15, -0.1) is 0 Å². The number of rotatable bonds is 10. The molecule has 0 heterocycles. The summed E-state index contributed by atoms with van der Waals surface area (Å²) in [6, 6.07) is 18.6. The minimum absolute atomic E-state index is 0.275. The first kappa shape index (κ1) is 23.7. The lowest BCUT2D eigenvalue weighted by Crippen LogP contribution is -2.21. The zero-order chi connectivity index (χ0) is 22.2. The first-order chi connectivity index (χ1) is 15.0. The summed E-state index contributed by atoms with van der Waals surface area (Å²) in [7, 11) is 0. The van der Waals surface area contributed by atoms with Crippen molar-refractivity contribution >= 4 is 34.8 Å². The normalized spacial score (nSPS) is 11.9. The van der Waals surface area contributed by atoms with E-state index in [9.17, 15) is 5.11 Å². The zero-order valence-corrected chi connectivity index (χ0v) is 19.3. The zero-order valence-electron chi connectivity index (χ0n) is 17.1. The summed E-state index contributed by atoms with van der Waals surface area (Å²) in [5.41, 5.74) is 2.67. The smallest absolute Gasteiger partial charge is 0.180 e. The molecule has 0 amide bonds. The summed E-state index contributed by atoms with van der Waals surface area (Å²) < 4.78 is 11.7. The molecule has 3 aromatic rings. The molecule has 1 unspecified atom stereocenters. The van der Waals surface area contributed by atoms with Gasteiger partial charge in [0.05, 0.1) is 27.8 Å². The SMILES string of the molecule is CCOc1cc(CNCC(O)c2ccccc2)cc(Cl)c1OCc1ccc(Cl)c(Cl)c1. The van der Waals surface area contributed by atoms with E-state index in [0.717, 1.165) is 16.7 Å². The molecule has 0 bridgehead atoms. The van der Waals surface area contributed by atoms with E-state index in [1.165, 1.54) is 0 Å². The fourth-order valence-corrected chi connectivity index (χ4v) is 3.67. The average Bonchev–Trinajstić information content (AvgIpc) is 2.76. The molecule has 0 saturated carbocycles. The van der Waals surface area contributed by atoms with Gasteiger partial charge in [-0.1, -0.05) is 71.2 Å². The Hall–Kier alpha value is -1.95. The van der Waals surface area contributed by atoms with Gasteiger partial charge < -0.3 is 19.9 Å². The van der Waals surface area contributed by atoms with Crippen LogP contribution in [0.5, 0.6) is 11.5 Å². The molecular weight excluding hydrogens is 457 g/mol. The lowest BCUT2D eigenvalue weighted by Gasteiger charge is -2.17. The third kappa shape index (κ3) is 6.76. The van der Waals surface area contributed by atoms with Crippen molar-refractivity contribution in [3.8, 4) is 11.5 Å². The van der Waals surface area contributed by atoms with Crippen molar-refractivity contribution in [2.45, 2.75) is 26.2 Å². The maximum atomic E-state index is 10.3. The highest BCUT2D eigenvalue weighted by molar-refractivity contribution is 6.42. The highest BCUT2D eigenvalue weighted by atomic mass is 35.5. The van der Waals surface area contributed by atoms with Crippen molar-refractivity contribution in [2.75, 3.05) is 13.2 Å². The Morgan fingerprint density at radius 1 is 0.871 bits per heavy atom. The van der Waals surface area contributed by atoms with Crippen molar-refractivity contribution in [3.05, 3.63) is 92.4 Å². The van der Waals surface area contributed by atoms with Crippen molar-refractivity contribution in [1.82, 2.24) is 5.32 Å². The summed E-state index contributed by atoms with van der Waals surface area (Å²) in [5.74, 6) is 1.04. The number of hydrogen-bond donors (Lipinski definition) is 2. The Balaban J connectivity index is 1.65. The molecule has 3 rings (SSSR count). The Morgan fingerprint density at radius 2 is 1.61 bits per heavy atom. The minimum atomic E-state index is -0.586. The van der Waals surface area contributed by atoms with Gasteiger partial charge in [0.2, 0.25) is 0 Å². The minimum Gasteiger partial charge on any atom is -0.490 e. The summed E-state index contributed by atoms with van der Waals surface area (Å²) in [6.07, 6.45) is -0.586. The Labute approximate surface area is 197 Å². The molecule has 4 nitrogen and oxygen atoms in total. The van der Waals surface area contributed by atoms with Crippen LogP contribution in [0, 0.1) is 0 Å². The van der Waals surface area contributed by atoms with Crippen molar-refractivity contribution in [3.63, 3.8) is 0 Å². The average molecular weight is 481 g/mol. The van der Waals surface area contributed by atoms with E-state index >= 15 is 0 Å². The number of hydrogen-bond acceptors (Lipinski definition) is 4. The molecule has 0 aliphatic rings. The van der Waals surface area contributed by atoms with E-state index in [2.05, 4.69) is 5.32 Å². The largest absolute Gasteiger partial charge is 0.490 e. The van der Waals surface area contributed by atoms with Gasteiger partial charge in [-0.3, -0.25) is 0 Å². The first-order valence-electron chi connectivity index (χ1n) is 9.93. The lowest BCUT2D eigenvalue weighted by molar-refractivity contribution is 0.174.